The molecule has 0 aromatic carbocycles. The predicted molar refractivity (Wildman–Crippen MR) is 101 cm³/mol. The van der Waals surface area contributed by atoms with Gasteiger partial charge in [-0.15, -0.1) is 0 Å². The summed E-state index contributed by atoms with van der Waals surface area (Å²) in [6.07, 6.45) is 6.86. The molecular formula is C20H25N5O2. The maximum absolute atomic E-state index is 12.6. The summed E-state index contributed by atoms with van der Waals surface area (Å²) in [5, 5.41) is 0. The van der Waals surface area contributed by atoms with Gasteiger partial charge in [0.15, 0.2) is 0 Å². The average molecular weight is 367 g/mol. The lowest BCUT2D eigenvalue weighted by Crippen LogP contribution is -2.42. The smallest absolute Gasteiger partial charge is 0.225 e. The van der Waals surface area contributed by atoms with Gasteiger partial charge in [0.25, 0.3) is 0 Å². The van der Waals surface area contributed by atoms with Crippen LogP contribution in [0.1, 0.15) is 36.8 Å². The van der Waals surface area contributed by atoms with Crippen LogP contribution in [0, 0.1) is 0 Å². The molecule has 2 fully saturated rings. The first-order chi connectivity index (χ1) is 13.3. The Kier molecular flexibility index (Phi) is 5.58. The van der Waals surface area contributed by atoms with Gasteiger partial charge in [0.05, 0.1) is 18.8 Å². The highest BCUT2D eigenvalue weighted by Crippen LogP contribution is 2.23. The van der Waals surface area contributed by atoms with Gasteiger partial charge < -0.3 is 14.5 Å². The molecule has 142 valence electrons. The number of carbonyl (C=O) groups excluding carboxylic acids is 1. The molecule has 0 N–H and O–H groups in total. The van der Waals surface area contributed by atoms with Crippen molar-refractivity contribution < 1.29 is 9.53 Å². The number of nitrogens with zero attached hydrogens (tertiary/aromatic N) is 5. The number of carbonyl (C=O) groups is 1. The predicted octanol–water partition coefficient (Wildman–Crippen LogP) is 2.00. The van der Waals surface area contributed by atoms with E-state index in [-0.39, 0.29) is 12.0 Å². The quantitative estimate of drug-likeness (QED) is 0.805. The minimum atomic E-state index is -0.193. The monoisotopic (exact) mass is 367 g/mol. The van der Waals surface area contributed by atoms with Crippen LogP contribution in [-0.4, -0.2) is 58.5 Å². The lowest BCUT2D eigenvalue weighted by molar-refractivity contribution is -0.139. The molecule has 7 heteroatoms. The molecule has 2 aromatic rings. The maximum Gasteiger partial charge on any atom is 0.225 e. The number of amides is 1. The summed E-state index contributed by atoms with van der Waals surface area (Å²) in [7, 11) is 0. The van der Waals surface area contributed by atoms with Crippen LogP contribution in [0.5, 0.6) is 0 Å². The Balaban J connectivity index is 1.37. The van der Waals surface area contributed by atoms with Crippen molar-refractivity contribution >= 4 is 11.9 Å². The van der Waals surface area contributed by atoms with Crippen molar-refractivity contribution in [1.29, 1.82) is 0 Å². The number of aryl methyl sites for hydroxylation is 1. The molecule has 0 aliphatic carbocycles. The highest BCUT2D eigenvalue weighted by atomic mass is 16.5. The molecule has 27 heavy (non-hydrogen) atoms. The second kappa shape index (κ2) is 8.43. The lowest BCUT2D eigenvalue weighted by atomic mass is 10.1. The van der Waals surface area contributed by atoms with Gasteiger partial charge in [0.2, 0.25) is 11.9 Å². The van der Waals surface area contributed by atoms with Gasteiger partial charge in [-0.25, -0.2) is 9.97 Å². The molecule has 2 aliphatic heterocycles. The molecule has 0 bridgehead atoms. The number of pyridine rings is 1. The number of ether oxygens (including phenoxy) is 1. The molecule has 4 heterocycles. The normalized spacial score (nSPS) is 20.1. The van der Waals surface area contributed by atoms with Crippen molar-refractivity contribution in [3.63, 3.8) is 0 Å². The highest BCUT2D eigenvalue weighted by Gasteiger charge is 2.27. The van der Waals surface area contributed by atoms with Crippen LogP contribution < -0.4 is 4.90 Å². The average Bonchev–Trinajstić information content (AvgIpc) is 3.28. The fraction of sp³-hybridized carbons (Fsp3) is 0.500. The third-order valence-corrected chi connectivity index (χ3v) is 5.12. The van der Waals surface area contributed by atoms with Crippen LogP contribution in [-0.2, 0) is 16.0 Å². The van der Waals surface area contributed by atoms with Gasteiger partial charge in [-0.3, -0.25) is 9.78 Å². The van der Waals surface area contributed by atoms with Crippen molar-refractivity contribution in [2.24, 2.45) is 0 Å². The van der Waals surface area contributed by atoms with Crippen LogP contribution in [0.3, 0.4) is 0 Å². The Morgan fingerprint density at radius 3 is 2.81 bits per heavy atom. The van der Waals surface area contributed by atoms with Crippen molar-refractivity contribution in [3.05, 3.63) is 48.0 Å². The summed E-state index contributed by atoms with van der Waals surface area (Å²) in [6, 6.07) is 7.68. The molecule has 2 aromatic heterocycles. The fourth-order valence-electron chi connectivity index (χ4n) is 3.60. The summed E-state index contributed by atoms with van der Waals surface area (Å²) in [5.74, 6) is 0.912. The Labute approximate surface area is 159 Å². The second-order valence-corrected chi connectivity index (χ2v) is 7.00. The molecule has 0 unspecified atom stereocenters. The van der Waals surface area contributed by atoms with E-state index in [0.29, 0.717) is 32.5 Å². The van der Waals surface area contributed by atoms with Crippen molar-refractivity contribution in [2.75, 3.05) is 37.7 Å². The summed E-state index contributed by atoms with van der Waals surface area (Å²) in [5.41, 5.74) is 1.80. The largest absolute Gasteiger partial charge is 0.368 e. The first kappa shape index (κ1) is 17.9. The minimum absolute atomic E-state index is 0.141. The van der Waals surface area contributed by atoms with E-state index in [9.17, 15) is 4.79 Å². The van der Waals surface area contributed by atoms with E-state index in [1.165, 1.54) is 12.8 Å². The van der Waals surface area contributed by atoms with E-state index in [1.807, 2.05) is 29.2 Å². The van der Waals surface area contributed by atoms with Crippen LogP contribution in [0.2, 0.25) is 0 Å². The van der Waals surface area contributed by atoms with Crippen LogP contribution in [0.25, 0.3) is 0 Å². The number of morpholine rings is 1. The van der Waals surface area contributed by atoms with Crippen LogP contribution in [0.15, 0.2) is 36.7 Å². The van der Waals surface area contributed by atoms with Crippen molar-refractivity contribution in [2.45, 2.75) is 31.8 Å². The van der Waals surface area contributed by atoms with Crippen LogP contribution in [0.4, 0.5) is 5.95 Å². The van der Waals surface area contributed by atoms with E-state index >= 15 is 0 Å². The summed E-state index contributed by atoms with van der Waals surface area (Å²) in [4.78, 5) is 30.1. The van der Waals surface area contributed by atoms with Gasteiger partial charge >= 0.3 is 0 Å². The first-order valence-electron chi connectivity index (χ1n) is 9.67. The number of anilines is 1. The molecule has 1 amide bonds. The third kappa shape index (κ3) is 4.42. The van der Waals surface area contributed by atoms with Gasteiger partial charge in [0.1, 0.15) is 6.10 Å². The molecule has 2 saturated heterocycles. The molecule has 0 radical (unpaired) electrons. The Hall–Kier alpha value is -2.54. The summed E-state index contributed by atoms with van der Waals surface area (Å²) >= 11 is 0. The molecule has 1 atom stereocenters. The van der Waals surface area contributed by atoms with E-state index in [0.717, 1.165) is 30.4 Å². The zero-order valence-corrected chi connectivity index (χ0v) is 15.5. The van der Waals surface area contributed by atoms with E-state index < -0.39 is 0 Å². The molecular weight excluding hydrogens is 342 g/mol. The van der Waals surface area contributed by atoms with Gasteiger partial charge in [-0.2, -0.15) is 0 Å². The van der Waals surface area contributed by atoms with Gasteiger partial charge in [-0.05, 0) is 37.5 Å². The number of hydrogen-bond acceptors (Lipinski definition) is 6. The summed E-state index contributed by atoms with van der Waals surface area (Å²) < 4.78 is 5.91. The molecule has 0 saturated carbocycles. The Morgan fingerprint density at radius 1 is 1.11 bits per heavy atom. The Bertz CT molecular complexity index is 764. The van der Waals surface area contributed by atoms with Crippen LogP contribution >= 0.6 is 0 Å². The second-order valence-electron chi connectivity index (χ2n) is 7.00. The SMILES string of the molecule is O=C(CCc1ccccn1)N1CCO[C@H](c2ccnc(N3CCCC3)n2)C1. The van der Waals surface area contributed by atoms with E-state index in [2.05, 4.69) is 14.9 Å². The third-order valence-electron chi connectivity index (χ3n) is 5.12. The number of hydrogen-bond donors (Lipinski definition) is 0. The fourth-order valence-corrected chi connectivity index (χ4v) is 3.60. The number of aromatic nitrogens is 3. The topological polar surface area (TPSA) is 71.5 Å². The molecule has 4 rings (SSSR count). The molecule has 0 spiro atoms. The zero-order chi connectivity index (χ0) is 18.5. The maximum atomic E-state index is 12.6. The van der Waals surface area contributed by atoms with Gasteiger partial charge in [-0.1, -0.05) is 6.07 Å². The molecule has 2 aliphatic rings. The minimum Gasteiger partial charge on any atom is -0.368 e. The standard InChI is InChI=1S/C20H25N5O2/c26-19(7-6-16-5-1-2-9-21-16)25-13-14-27-18(15-25)17-8-10-22-20(23-17)24-11-3-4-12-24/h1-2,5,8-10,18H,3-4,6-7,11-15H2/t18-/m0/s1. The van der Waals surface area contributed by atoms with Gasteiger partial charge in [0, 0.05) is 44.1 Å². The number of rotatable bonds is 5. The zero-order valence-electron chi connectivity index (χ0n) is 15.5. The highest BCUT2D eigenvalue weighted by molar-refractivity contribution is 5.76. The molecule has 7 nitrogen and oxygen atoms in total. The van der Waals surface area contributed by atoms with E-state index in [4.69, 9.17) is 9.72 Å². The lowest BCUT2D eigenvalue weighted by Gasteiger charge is -2.33. The first-order valence-corrected chi connectivity index (χ1v) is 9.67. The van der Waals surface area contributed by atoms with E-state index in [1.54, 1.807) is 12.4 Å². The van der Waals surface area contributed by atoms with Crippen molar-refractivity contribution in [1.82, 2.24) is 19.9 Å². The Morgan fingerprint density at radius 2 is 2.00 bits per heavy atom. The summed E-state index contributed by atoms with van der Waals surface area (Å²) in [6.45, 7) is 3.71. The van der Waals surface area contributed by atoms with Crippen molar-refractivity contribution in [3.8, 4) is 0 Å².